The number of nitrogens with zero attached hydrogens (tertiary/aromatic N) is 5. The number of anilines is 2. The largest absolute Gasteiger partial charge is 0.468 e. The molecule has 9 heteroatoms. The molecule has 0 saturated carbocycles. The van der Waals surface area contributed by atoms with Crippen LogP contribution in [0.4, 0.5) is 11.4 Å². The van der Waals surface area contributed by atoms with Gasteiger partial charge in [-0.1, -0.05) is 37.3 Å². The Labute approximate surface area is 247 Å². The number of benzene rings is 3. The Bertz CT molecular complexity index is 1610. The SMILES string of the molecule is [2H]c1c([2H])c(-n2cnn([C@@H](CC)[C@H](C)OCc3ccccc3)c2=O)c([2H])c([2H])c1N1CCN(c2ccc(OCOC)cc2)CC1. The Hall–Kier alpha value is -4.08. The van der Waals surface area contributed by atoms with E-state index in [9.17, 15) is 4.79 Å². The van der Waals surface area contributed by atoms with Gasteiger partial charge in [0, 0.05) is 44.7 Å². The summed E-state index contributed by atoms with van der Waals surface area (Å²) in [5.74, 6) is 0.712. The third-order valence-corrected chi connectivity index (χ3v) is 7.30. The first kappa shape index (κ1) is 23.6. The van der Waals surface area contributed by atoms with E-state index in [2.05, 4.69) is 10.00 Å². The summed E-state index contributed by atoms with van der Waals surface area (Å²) in [6.07, 6.45) is 1.49. The second-order valence-electron chi connectivity index (χ2n) is 9.92. The normalized spacial score (nSPS) is 16.5. The molecule has 41 heavy (non-hydrogen) atoms. The first-order valence-corrected chi connectivity index (χ1v) is 13.9. The number of hydrogen-bond acceptors (Lipinski definition) is 7. The molecule has 0 unspecified atom stereocenters. The molecule has 1 aliphatic rings. The van der Waals surface area contributed by atoms with Crippen LogP contribution in [0.15, 0.2) is 89.9 Å². The highest BCUT2D eigenvalue weighted by Crippen LogP contribution is 2.24. The molecule has 0 radical (unpaired) electrons. The van der Waals surface area contributed by atoms with Gasteiger partial charge in [-0.25, -0.2) is 14.0 Å². The van der Waals surface area contributed by atoms with E-state index >= 15 is 0 Å². The Morgan fingerprint density at radius 2 is 1.54 bits per heavy atom. The quantitative estimate of drug-likeness (QED) is 0.228. The zero-order chi connectivity index (χ0) is 32.1. The molecule has 5 rings (SSSR count). The second-order valence-corrected chi connectivity index (χ2v) is 9.92. The zero-order valence-electron chi connectivity index (χ0n) is 27.7. The van der Waals surface area contributed by atoms with Crippen LogP contribution in [0.5, 0.6) is 5.75 Å². The highest BCUT2D eigenvalue weighted by molar-refractivity contribution is 5.54. The molecule has 0 bridgehead atoms. The van der Waals surface area contributed by atoms with Crippen LogP contribution in [0.25, 0.3) is 5.69 Å². The molecule has 2 atom stereocenters. The lowest BCUT2D eigenvalue weighted by Gasteiger charge is -2.37. The smallest absolute Gasteiger partial charge is 0.350 e. The number of rotatable bonds is 12. The summed E-state index contributed by atoms with van der Waals surface area (Å²) in [6, 6.07) is 16.1. The van der Waals surface area contributed by atoms with Gasteiger partial charge in [0.05, 0.1) is 29.9 Å². The lowest BCUT2D eigenvalue weighted by molar-refractivity contribution is 0.0117. The van der Waals surface area contributed by atoms with Crippen LogP contribution in [-0.2, 0) is 16.1 Å². The maximum Gasteiger partial charge on any atom is 0.350 e. The van der Waals surface area contributed by atoms with Crippen molar-refractivity contribution in [3.05, 3.63) is 101 Å². The van der Waals surface area contributed by atoms with Crippen LogP contribution >= 0.6 is 0 Å². The van der Waals surface area contributed by atoms with Crippen LogP contribution in [0.3, 0.4) is 0 Å². The van der Waals surface area contributed by atoms with Gasteiger partial charge in [-0.2, -0.15) is 5.10 Å². The Morgan fingerprint density at radius 1 is 0.902 bits per heavy atom. The third-order valence-electron chi connectivity index (χ3n) is 7.30. The van der Waals surface area contributed by atoms with Crippen molar-refractivity contribution in [3.8, 4) is 11.4 Å². The first-order chi connectivity index (χ1) is 21.7. The van der Waals surface area contributed by atoms with Crippen molar-refractivity contribution in [3.63, 3.8) is 0 Å². The van der Waals surface area contributed by atoms with Gasteiger partial charge in [-0.15, -0.1) is 0 Å². The fraction of sp³-hybridized carbons (Fsp3) is 0.375. The molecule has 1 aromatic heterocycles. The summed E-state index contributed by atoms with van der Waals surface area (Å²) in [7, 11) is 1.57. The van der Waals surface area contributed by atoms with E-state index in [1.54, 1.807) is 7.11 Å². The maximum absolute atomic E-state index is 13.6. The topological polar surface area (TPSA) is 74.0 Å². The van der Waals surface area contributed by atoms with Gasteiger partial charge in [0.2, 0.25) is 0 Å². The van der Waals surface area contributed by atoms with Crippen molar-refractivity contribution < 1.29 is 19.7 Å². The van der Waals surface area contributed by atoms with Crippen molar-refractivity contribution >= 4 is 11.4 Å². The van der Waals surface area contributed by atoms with E-state index in [1.165, 1.54) is 11.0 Å². The highest BCUT2D eigenvalue weighted by Gasteiger charge is 2.23. The summed E-state index contributed by atoms with van der Waals surface area (Å²) < 4.78 is 54.2. The van der Waals surface area contributed by atoms with Gasteiger partial charge in [0.25, 0.3) is 0 Å². The number of methoxy groups -OCH3 is 1. The van der Waals surface area contributed by atoms with Crippen LogP contribution < -0.4 is 20.2 Å². The molecular weight excluding hydrogens is 518 g/mol. The first-order valence-electron chi connectivity index (χ1n) is 15.9. The molecule has 2 heterocycles. The van der Waals surface area contributed by atoms with E-state index in [0.29, 0.717) is 45.0 Å². The zero-order valence-corrected chi connectivity index (χ0v) is 23.7. The average molecular weight is 562 g/mol. The summed E-state index contributed by atoms with van der Waals surface area (Å²) in [4.78, 5) is 17.7. The Morgan fingerprint density at radius 3 is 2.17 bits per heavy atom. The summed E-state index contributed by atoms with van der Waals surface area (Å²) >= 11 is 0. The number of hydrogen-bond donors (Lipinski definition) is 0. The van der Waals surface area contributed by atoms with Crippen molar-refractivity contribution in [2.45, 2.75) is 39.0 Å². The van der Waals surface area contributed by atoms with E-state index < -0.39 is 5.69 Å². The van der Waals surface area contributed by atoms with E-state index in [1.807, 2.05) is 73.3 Å². The Kier molecular flexibility index (Phi) is 7.78. The minimum atomic E-state index is -0.544. The summed E-state index contributed by atoms with van der Waals surface area (Å²) in [5.41, 5.74) is 1.61. The molecule has 1 saturated heterocycles. The van der Waals surface area contributed by atoms with E-state index in [-0.39, 0.29) is 54.5 Å². The van der Waals surface area contributed by atoms with Gasteiger partial charge >= 0.3 is 5.69 Å². The molecular formula is C32H39N5O4. The third kappa shape index (κ3) is 6.81. The van der Waals surface area contributed by atoms with Gasteiger partial charge in [0.15, 0.2) is 6.79 Å². The van der Waals surface area contributed by atoms with Crippen LogP contribution in [-0.4, -0.2) is 60.5 Å². The predicted molar refractivity (Wildman–Crippen MR) is 161 cm³/mol. The molecule has 0 N–H and O–H groups in total. The molecule has 0 amide bonds. The predicted octanol–water partition coefficient (Wildman–Crippen LogP) is 4.90. The highest BCUT2D eigenvalue weighted by atomic mass is 16.7. The number of aromatic nitrogens is 3. The van der Waals surface area contributed by atoms with Crippen molar-refractivity contribution in [1.82, 2.24) is 14.3 Å². The molecule has 9 nitrogen and oxygen atoms in total. The molecule has 216 valence electrons. The fourth-order valence-corrected chi connectivity index (χ4v) is 4.96. The monoisotopic (exact) mass is 561 g/mol. The van der Waals surface area contributed by atoms with E-state index in [0.717, 1.165) is 15.8 Å². The molecule has 0 aliphatic carbocycles. The van der Waals surface area contributed by atoms with Crippen molar-refractivity contribution in [1.29, 1.82) is 0 Å². The summed E-state index contributed by atoms with van der Waals surface area (Å²) in [5, 5.41) is 4.32. The van der Waals surface area contributed by atoms with Crippen LogP contribution in [0, 0.1) is 0 Å². The Balaban J connectivity index is 1.33. The second kappa shape index (κ2) is 13.5. The molecule has 3 aromatic carbocycles. The summed E-state index contributed by atoms with van der Waals surface area (Å²) in [6.45, 7) is 6.68. The van der Waals surface area contributed by atoms with Crippen molar-refractivity contribution in [2.24, 2.45) is 0 Å². The minimum absolute atomic E-state index is 0.118. The van der Waals surface area contributed by atoms with E-state index in [4.69, 9.17) is 19.7 Å². The number of ether oxygens (including phenoxy) is 3. The molecule has 0 spiro atoms. The fourth-order valence-electron chi connectivity index (χ4n) is 4.96. The average Bonchev–Trinajstić information content (AvgIpc) is 3.43. The van der Waals surface area contributed by atoms with Crippen LogP contribution in [0.2, 0.25) is 0 Å². The lowest BCUT2D eigenvalue weighted by Crippen LogP contribution is -2.46. The van der Waals surface area contributed by atoms with Gasteiger partial charge < -0.3 is 24.0 Å². The molecule has 1 fully saturated rings. The molecule has 1 aliphatic heterocycles. The van der Waals surface area contributed by atoms with Gasteiger partial charge in [-0.3, -0.25) is 0 Å². The van der Waals surface area contributed by atoms with Gasteiger partial charge in [-0.05, 0) is 67.3 Å². The lowest BCUT2D eigenvalue weighted by atomic mass is 10.1. The standard InChI is InChI=1S/C32H39N5O4/c1-4-31(25(2)40-22-26-8-6-5-7-9-26)37-32(38)36(23-33-37)29-12-10-27(11-13-29)34-18-20-35(21-19-34)28-14-16-30(17-15-28)41-24-39-3/h5-17,23,25,31H,4,18-22,24H2,1-3H3/t25-,31-/m0/s1/i10D,11D,12D,13D. The number of piperazine rings is 1. The van der Waals surface area contributed by atoms with Crippen molar-refractivity contribution in [2.75, 3.05) is 49.9 Å². The molecule has 4 aromatic rings. The minimum Gasteiger partial charge on any atom is -0.468 e. The van der Waals surface area contributed by atoms with Gasteiger partial charge in [0.1, 0.15) is 12.1 Å². The van der Waals surface area contributed by atoms with Crippen LogP contribution in [0.1, 0.15) is 37.4 Å². The maximum atomic E-state index is 13.6.